The molecule has 0 unspecified atom stereocenters. The number of hydrogen-bond acceptors (Lipinski definition) is 5. The van der Waals surface area contributed by atoms with E-state index in [0.29, 0.717) is 38.3 Å². The van der Waals surface area contributed by atoms with Crippen LogP contribution in [0.3, 0.4) is 0 Å². The molecule has 1 aromatic heterocycles. The standard InChI is InChI=1S/C18H22N4O3.ClH/c1-13-11-16(25-20-13)18(24)22-9-7-21(8-10-22)17(23)15(19)12-14-5-3-2-4-6-14;/h2-6,11,15H,7-10,12,19H2,1H3;1H/t15-;/m0./s1. The number of amides is 2. The van der Waals surface area contributed by atoms with Crippen LogP contribution in [0.2, 0.25) is 0 Å². The summed E-state index contributed by atoms with van der Waals surface area (Å²) >= 11 is 0. The van der Waals surface area contributed by atoms with Crippen LogP contribution in [0.5, 0.6) is 0 Å². The van der Waals surface area contributed by atoms with Crippen molar-refractivity contribution in [3.63, 3.8) is 0 Å². The van der Waals surface area contributed by atoms with Gasteiger partial charge in [0.2, 0.25) is 11.7 Å². The van der Waals surface area contributed by atoms with Crippen LogP contribution < -0.4 is 5.73 Å². The van der Waals surface area contributed by atoms with Gasteiger partial charge in [-0.15, -0.1) is 12.4 Å². The highest BCUT2D eigenvalue weighted by atomic mass is 35.5. The van der Waals surface area contributed by atoms with Gasteiger partial charge in [-0.2, -0.15) is 0 Å². The van der Waals surface area contributed by atoms with Crippen LogP contribution in [-0.2, 0) is 11.2 Å². The van der Waals surface area contributed by atoms with Gasteiger partial charge in [-0.3, -0.25) is 9.59 Å². The monoisotopic (exact) mass is 378 g/mol. The summed E-state index contributed by atoms with van der Waals surface area (Å²) < 4.78 is 5.02. The van der Waals surface area contributed by atoms with Crippen molar-refractivity contribution in [1.82, 2.24) is 15.0 Å². The molecule has 2 amide bonds. The fourth-order valence-corrected chi connectivity index (χ4v) is 2.94. The molecule has 0 aliphatic carbocycles. The molecular formula is C18H23ClN4O3. The largest absolute Gasteiger partial charge is 0.351 e. The molecular weight excluding hydrogens is 356 g/mol. The van der Waals surface area contributed by atoms with Crippen LogP contribution in [0.1, 0.15) is 21.8 Å². The van der Waals surface area contributed by atoms with Gasteiger partial charge in [0.25, 0.3) is 5.91 Å². The van der Waals surface area contributed by atoms with E-state index < -0.39 is 6.04 Å². The highest BCUT2D eigenvalue weighted by Gasteiger charge is 2.29. The van der Waals surface area contributed by atoms with E-state index in [-0.39, 0.29) is 30.0 Å². The summed E-state index contributed by atoms with van der Waals surface area (Å²) in [6, 6.07) is 10.8. The smallest absolute Gasteiger partial charge is 0.292 e. The normalized spacial score (nSPS) is 15.3. The van der Waals surface area contributed by atoms with Crippen molar-refractivity contribution in [2.75, 3.05) is 26.2 Å². The van der Waals surface area contributed by atoms with E-state index in [4.69, 9.17) is 10.3 Å². The van der Waals surface area contributed by atoms with E-state index in [9.17, 15) is 9.59 Å². The summed E-state index contributed by atoms with van der Waals surface area (Å²) in [4.78, 5) is 28.2. The number of rotatable bonds is 4. The van der Waals surface area contributed by atoms with Crippen molar-refractivity contribution in [2.45, 2.75) is 19.4 Å². The molecule has 7 nitrogen and oxygen atoms in total. The molecule has 1 fully saturated rings. The second-order valence-corrected chi connectivity index (χ2v) is 6.25. The van der Waals surface area contributed by atoms with E-state index in [1.165, 1.54) is 0 Å². The lowest BCUT2D eigenvalue weighted by Crippen LogP contribution is -2.54. The molecule has 2 N–H and O–H groups in total. The van der Waals surface area contributed by atoms with Crippen molar-refractivity contribution in [3.05, 3.63) is 53.4 Å². The Bertz CT molecular complexity index is 742. The molecule has 2 aromatic rings. The maximum Gasteiger partial charge on any atom is 0.292 e. The summed E-state index contributed by atoms with van der Waals surface area (Å²) in [6.45, 7) is 3.64. The highest BCUT2D eigenvalue weighted by molar-refractivity contribution is 5.91. The van der Waals surface area contributed by atoms with Crippen LogP contribution in [-0.4, -0.2) is 59.0 Å². The lowest BCUT2D eigenvalue weighted by molar-refractivity contribution is -0.134. The minimum Gasteiger partial charge on any atom is -0.351 e. The lowest BCUT2D eigenvalue weighted by atomic mass is 10.1. The fourth-order valence-electron chi connectivity index (χ4n) is 2.94. The zero-order valence-corrected chi connectivity index (χ0v) is 15.4. The first-order valence-electron chi connectivity index (χ1n) is 8.35. The Kier molecular flexibility index (Phi) is 6.76. The number of nitrogens with two attached hydrogens (primary N) is 1. The summed E-state index contributed by atoms with van der Waals surface area (Å²) in [5.41, 5.74) is 7.78. The van der Waals surface area contributed by atoms with E-state index in [0.717, 1.165) is 5.56 Å². The van der Waals surface area contributed by atoms with Gasteiger partial charge in [-0.1, -0.05) is 35.5 Å². The number of benzene rings is 1. The molecule has 0 bridgehead atoms. The second-order valence-electron chi connectivity index (χ2n) is 6.25. The topological polar surface area (TPSA) is 92.7 Å². The SMILES string of the molecule is Cc1cc(C(=O)N2CCN(C(=O)[C@@H](N)Cc3ccccc3)CC2)on1.Cl. The number of aromatic nitrogens is 1. The Morgan fingerprint density at radius 3 is 2.35 bits per heavy atom. The quantitative estimate of drug-likeness (QED) is 0.864. The van der Waals surface area contributed by atoms with Crippen molar-refractivity contribution < 1.29 is 14.1 Å². The van der Waals surface area contributed by atoms with Crippen LogP contribution in [0.15, 0.2) is 40.9 Å². The number of hydrogen-bond donors (Lipinski definition) is 1. The molecule has 0 spiro atoms. The average Bonchev–Trinajstić information content (AvgIpc) is 3.08. The first-order valence-corrected chi connectivity index (χ1v) is 8.35. The van der Waals surface area contributed by atoms with Gasteiger partial charge in [0.05, 0.1) is 11.7 Å². The lowest BCUT2D eigenvalue weighted by Gasteiger charge is -2.35. The zero-order chi connectivity index (χ0) is 17.8. The number of carbonyl (C=O) groups excluding carboxylic acids is 2. The van der Waals surface area contributed by atoms with Gasteiger partial charge >= 0.3 is 0 Å². The molecule has 0 saturated carbocycles. The van der Waals surface area contributed by atoms with Gasteiger partial charge in [0.1, 0.15) is 0 Å². The molecule has 3 rings (SSSR count). The third-order valence-corrected chi connectivity index (χ3v) is 4.33. The molecule has 2 heterocycles. The predicted molar refractivity (Wildman–Crippen MR) is 99.1 cm³/mol. The van der Waals surface area contributed by atoms with Crippen LogP contribution in [0.25, 0.3) is 0 Å². The summed E-state index contributed by atoms with van der Waals surface area (Å²) in [5, 5.41) is 3.74. The molecule has 1 aliphatic heterocycles. The first-order chi connectivity index (χ1) is 12.0. The van der Waals surface area contributed by atoms with Gasteiger partial charge in [-0.25, -0.2) is 0 Å². The minimum absolute atomic E-state index is 0. The molecule has 1 saturated heterocycles. The fraction of sp³-hybridized carbons (Fsp3) is 0.389. The van der Waals surface area contributed by atoms with Gasteiger partial charge in [0, 0.05) is 32.2 Å². The third-order valence-electron chi connectivity index (χ3n) is 4.33. The Morgan fingerprint density at radius 1 is 1.15 bits per heavy atom. The predicted octanol–water partition coefficient (Wildman–Crippen LogP) is 1.26. The number of nitrogens with zero attached hydrogens (tertiary/aromatic N) is 3. The zero-order valence-electron chi connectivity index (χ0n) is 14.6. The first kappa shape index (κ1) is 19.9. The van der Waals surface area contributed by atoms with E-state index >= 15 is 0 Å². The second kappa shape index (κ2) is 8.82. The molecule has 26 heavy (non-hydrogen) atoms. The van der Waals surface area contributed by atoms with Crippen molar-refractivity contribution in [3.8, 4) is 0 Å². The van der Waals surface area contributed by atoms with Crippen LogP contribution >= 0.6 is 12.4 Å². The number of halogens is 1. The Labute approximate surface area is 158 Å². The maximum atomic E-state index is 12.5. The van der Waals surface area contributed by atoms with Gasteiger partial charge in [0.15, 0.2) is 0 Å². The van der Waals surface area contributed by atoms with E-state index in [1.807, 2.05) is 30.3 Å². The summed E-state index contributed by atoms with van der Waals surface area (Å²) in [5.74, 6) is -0.0363. The van der Waals surface area contributed by atoms with Crippen molar-refractivity contribution >= 4 is 24.2 Å². The van der Waals surface area contributed by atoms with Gasteiger partial charge < -0.3 is 20.1 Å². The van der Waals surface area contributed by atoms with Crippen LogP contribution in [0.4, 0.5) is 0 Å². The van der Waals surface area contributed by atoms with Crippen molar-refractivity contribution in [2.24, 2.45) is 5.73 Å². The number of piperazine rings is 1. The minimum atomic E-state index is -0.568. The third kappa shape index (κ3) is 4.62. The highest BCUT2D eigenvalue weighted by Crippen LogP contribution is 2.11. The van der Waals surface area contributed by atoms with Gasteiger partial charge in [-0.05, 0) is 18.9 Å². The number of aryl methyl sites for hydroxylation is 1. The Balaban J connectivity index is 0.00000243. The summed E-state index contributed by atoms with van der Waals surface area (Å²) in [7, 11) is 0. The molecule has 1 aliphatic rings. The molecule has 8 heteroatoms. The Hall–Kier alpha value is -2.38. The maximum absolute atomic E-state index is 12.5. The van der Waals surface area contributed by atoms with E-state index in [1.54, 1.807) is 22.8 Å². The van der Waals surface area contributed by atoms with Crippen molar-refractivity contribution in [1.29, 1.82) is 0 Å². The molecule has 1 aromatic carbocycles. The average molecular weight is 379 g/mol. The summed E-state index contributed by atoms with van der Waals surface area (Å²) in [6.07, 6.45) is 0.510. The Morgan fingerprint density at radius 2 is 1.77 bits per heavy atom. The molecule has 1 atom stereocenters. The van der Waals surface area contributed by atoms with E-state index in [2.05, 4.69) is 5.16 Å². The van der Waals surface area contributed by atoms with Crippen LogP contribution in [0, 0.1) is 6.92 Å². The molecule has 140 valence electrons. The molecule has 0 radical (unpaired) electrons. The number of carbonyl (C=O) groups is 2.